The van der Waals surface area contributed by atoms with Crippen LogP contribution in [0.1, 0.15) is 118 Å². The Morgan fingerprint density at radius 1 is 1.00 bits per heavy atom. The van der Waals surface area contributed by atoms with Crippen LogP contribution in [0.15, 0.2) is 21.8 Å². The van der Waals surface area contributed by atoms with Gasteiger partial charge in [-0.25, -0.2) is 0 Å². The van der Waals surface area contributed by atoms with Crippen LogP contribution in [0.4, 0.5) is 0 Å². The molecule has 4 aliphatic carbocycles. The first-order valence-corrected chi connectivity index (χ1v) is 23.6. The molecule has 3 saturated carbocycles. The van der Waals surface area contributed by atoms with Crippen LogP contribution < -0.4 is 0 Å². The van der Waals surface area contributed by atoms with Crippen molar-refractivity contribution in [1.29, 1.82) is 0 Å². The first-order chi connectivity index (χ1) is 17.2. The van der Waals surface area contributed by atoms with Crippen LogP contribution >= 0.6 is 0 Å². The van der Waals surface area contributed by atoms with E-state index in [9.17, 15) is 9.90 Å². The molecule has 0 aliphatic heterocycles. The Bertz CT molecular complexity index is 808. The molecule has 204 valence electrons. The number of unbranched alkanes of at least 4 members (excludes halogenated alkanes) is 3. The summed E-state index contributed by atoms with van der Waals surface area (Å²) >= 11 is -2.43. The molecule has 0 aromatic rings. The number of hydrogen-bond donors (Lipinski definition) is 1. The molecule has 2 nitrogen and oxygen atoms in total. The Balaban J connectivity index is 1.59. The summed E-state index contributed by atoms with van der Waals surface area (Å²) in [6.45, 7) is 12.0. The van der Waals surface area contributed by atoms with E-state index in [-0.39, 0.29) is 5.41 Å². The Morgan fingerprint density at radius 3 is 2.25 bits per heavy atom. The van der Waals surface area contributed by atoms with E-state index in [0.717, 1.165) is 43.9 Å². The summed E-state index contributed by atoms with van der Waals surface area (Å²) in [6, 6.07) is 0. The minimum absolute atomic E-state index is 0.0164. The van der Waals surface area contributed by atoms with Crippen LogP contribution in [0.25, 0.3) is 0 Å². The number of ketones is 1. The predicted octanol–water partition coefficient (Wildman–Crippen LogP) is 9.05. The molecule has 4 rings (SSSR count). The fourth-order valence-corrected chi connectivity index (χ4v) is 23.9. The maximum absolute atomic E-state index is 12.4. The van der Waals surface area contributed by atoms with E-state index in [0.29, 0.717) is 23.5 Å². The Hall–Kier alpha value is -0.0913. The van der Waals surface area contributed by atoms with Crippen molar-refractivity contribution >= 4 is 24.2 Å². The molecule has 0 aromatic heterocycles. The van der Waals surface area contributed by atoms with Gasteiger partial charge in [0.05, 0.1) is 0 Å². The summed E-state index contributed by atoms with van der Waals surface area (Å²) in [4.78, 5) is 12.1. The van der Waals surface area contributed by atoms with Gasteiger partial charge in [-0.1, -0.05) is 0 Å². The van der Waals surface area contributed by atoms with Crippen molar-refractivity contribution in [3.8, 4) is 0 Å². The van der Waals surface area contributed by atoms with Gasteiger partial charge >= 0.3 is 228 Å². The molecular formula is C33H56O2Sn. The molecule has 0 unspecified atom stereocenters. The van der Waals surface area contributed by atoms with Gasteiger partial charge in [0.15, 0.2) is 0 Å². The number of hydrogen-bond acceptors (Lipinski definition) is 2. The standard InChI is InChI=1S/C21H29O2.3C4H9.Sn/c1-4-21(23)10-8-18-19-13(2)11-14-12-15(22)5-6-16(14)17(19)7-9-20(18,21)3;3*1-3-4-2;/h1,4,12-13,16-19,23H,5-11H2,2-3H3;3*1,3-4H2,2H3;/t13-,16+,17-,18+,19-,20+,21+;;;;/m1..../s1. The van der Waals surface area contributed by atoms with E-state index in [1.807, 2.05) is 6.08 Å². The van der Waals surface area contributed by atoms with Crippen molar-refractivity contribution in [3.63, 3.8) is 0 Å². The molecule has 0 radical (unpaired) electrons. The summed E-state index contributed by atoms with van der Waals surface area (Å²) in [5, 5.41) is 12.4. The third-order valence-corrected chi connectivity index (χ3v) is 25.7. The first kappa shape index (κ1) is 28.9. The van der Waals surface area contributed by atoms with E-state index >= 15 is 0 Å². The monoisotopic (exact) mass is 604 g/mol. The normalized spacial score (nSPS) is 38.6. The molecule has 0 aromatic carbocycles. The molecule has 3 fully saturated rings. The van der Waals surface area contributed by atoms with Crippen molar-refractivity contribution in [2.75, 3.05) is 0 Å². The minimum atomic E-state index is -2.43. The quantitative estimate of drug-likeness (QED) is 0.239. The molecule has 1 N–H and O–H groups in total. The number of aliphatic hydroxyl groups is 1. The van der Waals surface area contributed by atoms with Gasteiger partial charge in [-0.2, -0.15) is 0 Å². The van der Waals surface area contributed by atoms with E-state index in [2.05, 4.69) is 44.8 Å². The Morgan fingerprint density at radius 2 is 1.64 bits per heavy atom. The average Bonchev–Trinajstić information content (AvgIpc) is 3.13. The topological polar surface area (TPSA) is 37.3 Å². The van der Waals surface area contributed by atoms with Gasteiger partial charge in [0.25, 0.3) is 0 Å². The third kappa shape index (κ3) is 5.47. The van der Waals surface area contributed by atoms with E-state index < -0.39 is 24.0 Å². The van der Waals surface area contributed by atoms with E-state index in [1.165, 1.54) is 70.2 Å². The number of carbonyl (C=O) groups excluding carboxylic acids is 1. The molecule has 0 amide bonds. The van der Waals surface area contributed by atoms with Crippen LogP contribution in [-0.2, 0) is 4.79 Å². The summed E-state index contributed by atoms with van der Waals surface area (Å²) < 4.78 is 7.20. The fourth-order valence-electron chi connectivity index (χ4n) is 9.44. The predicted molar refractivity (Wildman–Crippen MR) is 156 cm³/mol. The van der Waals surface area contributed by atoms with Gasteiger partial charge in [0.2, 0.25) is 0 Å². The summed E-state index contributed by atoms with van der Waals surface area (Å²) in [5.74, 6) is 3.71. The zero-order chi connectivity index (χ0) is 26.0. The Kier molecular flexibility index (Phi) is 9.61. The SMILES string of the molecule is CCC[CH2][Sn](/[CH]=C\[C@]1(O)CC[C@H]2[C@H]3[C@H](CC[C@@]21C)[C@H]1CCC(=O)C=C1C[C@H]3C)([CH2]CCC)[CH2]CCC. The Labute approximate surface area is 227 Å². The molecule has 0 bridgehead atoms. The van der Waals surface area contributed by atoms with Crippen LogP contribution in [0, 0.1) is 35.0 Å². The summed E-state index contributed by atoms with van der Waals surface area (Å²) in [7, 11) is 0. The van der Waals surface area contributed by atoms with Crippen molar-refractivity contribution < 1.29 is 9.90 Å². The number of allylic oxidation sites excluding steroid dienone is 1. The second-order valence-electron chi connectivity index (χ2n) is 13.8. The van der Waals surface area contributed by atoms with Crippen LogP contribution in [0.2, 0.25) is 13.3 Å². The third-order valence-electron chi connectivity index (χ3n) is 11.7. The second kappa shape index (κ2) is 12.0. The van der Waals surface area contributed by atoms with Gasteiger partial charge in [-0.3, -0.25) is 0 Å². The summed E-state index contributed by atoms with van der Waals surface area (Å²) in [6.07, 6.45) is 20.0. The van der Waals surface area contributed by atoms with Crippen molar-refractivity contribution in [3.05, 3.63) is 21.8 Å². The number of rotatable bonds is 11. The van der Waals surface area contributed by atoms with Crippen LogP contribution in [0.5, 0.6) is 0 Å². The molecular weight excluding hydrogens is 547 g/mol. The van der Waals surface area contributed by atoms with E-state index in [4.69, 9.17) is 0 Å². The molecule has 0 heterocycles. The van der Waals surface area contributed by atoms with Gasteiger partial charge in [0, 0.05) is 0 Å². The zero-order valence-corrected chi connectivity index (χ0v) is 27.1. The molecule has 36 heavy (non-hydrogen) atoms. The van der Waals surface area contributed by atoms with Gasteiger partial charge in [-0.15, -0.1) is 0 Å². The van der Waals surface area contributed by atoms with Crippen molar-refractivity contribution in [2.24, 2.45) is 35.0 Å². The van der Waals surface area contributed by atoms with Crippen LogP contribution in [0.3, 0.4) is 0 Å². The number of carbonyl (C=O) groups is 1. The zero-order valence-electron chi connectivity index (χ0n) is 24.3. The van der Waals surface area contributed by atoms with Gasteiger partial charge in [0.1, 0.15) is 0 Å². The van der Waals surface area contributed by atoms with Gasteiger partial charge < -0.3 is 0 Å². The van der Waals surface area contributed by atoms with Crippen molar-refractivity contribution in [2.45, 2.75) is 137 Å². The van der Waals surface area contributed by atoms with Gasteiger partial charge in [-0.05, 0) is 0 Å². The van der Waals surface area contributed by atoms with E-state index in [1.54, 1.807) is 0 Å². The molecule has 0 saturated heterocycles. The second-order valence-corrected chi connectivity index (χ2v) is 26.8. The molecule has 3 heteroatoms. The maximum atomic E-state index is 12.4. The molecule has 7 atom stereocenters. The average molecular weight is 604 g/mol. The molecule has 4 aliphatic rings. The fraction of sp³-hybridized carbons (Fsp3) is 0.848. The number of fused-ring (bicyclic) bond motifs is 5. The first-order valence-electron chi connectivity index (χ1n) is 15.9. The van der Waals surface area contributed by atoms with Crippen molar-refractivity contribution in [1.82, 2.24) is 0 Å². The summed E-state index contributed by atoms with van der Waals surface area (Å²) in [5.41, 5.74) is 0.870. The van der Waals surface area contributed by atoms with Crippen LogP contribution in [-0.4, -0.2) is 34.9 Å². The molecule has 0 spiro atoms.